The van der Waals surface area contributed by atoms with Crippen molar-refractivity contribution < 1.29 is 9.53 Å². The van der Waals surface area contributed by atoms with E-state index in [1.165, 1.54) is 19.3 Å². The number of aryl methyl sites for hydroxylation is 2. The van der Waals surface area contributed by atoms with Crippen LogP contribution in [0.5, 0.6) is 0 Å². The van der Waals surface area contributed by atoms with Crippen LogP contribution in [0.3, 0.4) is 0 Å². The van der Waals surface area contributed by atoms with Crippen molar-refractivity contribution in [3.05, 3.63) is 17.5 Å². The molecule has 0 aliphatic heterocycles. The van der Waals surface area contributed by atoms with Gasteiger partial charge < -0.3 is 10.1 Å². The van der Waals surface area contributed by atoms with Gasteiger partial charge in [0.2, 0.25) is 11.9 Å². The molecule has 0 saturated heterocycles. The lowest BCUT2D eigenvalue weighted by Gasteiger charge is -2.56. The Kier molecular flexibility index (Phi) is 6.22. The normalized spacial score (nSPS) is 29.7. The number of hydrogen-bond acceptors (Lipinski definition) is 5. The Morgan fingerprint density at radius 2 is 1.73 bits per heavy atom. The van der Waals surface area contributed by atoms with E-state index in [1.807, 2.05) is 19.9 Å². The summed E-state index contributed by atoms with van der Waals surface area (Å²) in [5.41, 5.74) is 1.68. The molecule has 0 spiro atoms. The molecule has 0 unspecified atom stereocenters. The highest BCUT2D eigenvalue weighted by Crippen LogP contribution is 2.55. The first kappa shape index (κ1) is 21.0. The van der Waals surface area contributed by atoms with Crippen LogP contribution in [0.15, 0.2) is 11.1 Å². The number of amides is 2. The molecule has 1 aromatic rings. The summed E-state index contributed by atoms with van der Waals surface area (Å²) in [5, 5.41) is 9.34. The maximum Gasteiger partial charge on any atom is 0.321 e. The molecule has 4 bridgehead atoms. The van der Waals surface area contributed by atoms with E-state index in [0.717, 1.165) is 54.8 Å². The first-order chi connectivity index (χ1) is 14.4. The molecule has 4 fully saturated rings. The standard InChI is InChI=1S/C22H34N6O2/c1-14-7-15(2)25-20(24-14)26-19(23-5-4-6-30-3)27-21(29)28-22-11-16-8-17(12-22)10-18(9-16)13-22/h7,16-18H,4-6,8-13H2,1-3H3,(H3,23,24,25,26,27,28,29). The van der Waals surface area contributed by atoms with Crippen molar-refractivity contribution >= 4 is 17.9 Å². The van der Waals surface area contributed by atoms with E-state index in [9.17, 15) is 4.79 Å². The Bertz CT molecular complexity index is 753. The van der Waals surface area contributed by atoms with Gasteiger partial charge in [-0.25, -0.2) is 14.8 Å². The van der Waals surface area contributed by atoms with Gasteiger partial charge in [0.05, 0.1) is 0 Å². The second kappa shape index (κ2) is 8.88. The molecule has 3 N–H and O–H groups in total. The summed E-state index contributed by atoms with van der Waals surface area (Å²) in [7, 11) is 1.67. The second-order valence-electron chi connectivity index (χ2n) is 9.45. The van der Waals surface area contributed by atoms with Crippen molar-refractivity contribution in [2.45, 2.75) is 64.3 Å². The molecule has 5 rings (SSSR count). The molecule has 1 heterocycles. The molecule has 0 atom stereocenters. The van der Waals surface area contributed by atoms with Crippen LogP contribution in [-0.4, -0.2) is 47.8 Å². The number of ether oxygens (including phenoxy) is 1. The zero-order valence-corrected chi connectivity index (χ0v) is 18.3. The molecule has 4 aliphatic rings. The molecule has 4 aliphatic carbocycles. The predicted molar refractivity (Wildman–Crippen MR) is 116 cm³/mol. The van der Waals surface area contributed by atoms with E-state index in [0.29, 0.717) is 25.1 Å². The summed E-state index contributed by atoms with van der Waals surface area (Å²) in [6, 6.07) is 1.72. The fourth-order valence-electron chi connectivity index (χ4n) is 6.04. The summed E-state index contributed by atoms with van der Waals surface area (Å²) in [5.74, 6) is 3.15. The fraction of sp³-hybridized carbons (Fsp3) is 0.727. The number of carbonyl (C=O) groups is 1. The SMILES string of the molecule is COCCCN=C(NC(=O)NC12CC3CC(CC(C3)C1)C2)Nc1nc(C)cc(C)n1. The minimum Gasteiger partial charge on any atom is -0.385 e. The molecule has 4 saturated carbocycles. The van der Waals surface area contributed by atoms with E-state index in [1.54, 1.807) is 7.11 Å². The number of rotatable bonds is 6. The number of methoxy groups -OCH3 is 1. The van der Waals surface area contributed by atoms with Crippen LogP contribution in [0.25, 0.3) is 0 Å². The van der Waals surface area contributed by atoms with Crippen LogP contribution in [0, 0.1) is 31.6 Å². The summed E-state index contributed by atoms with van der Waals surface area (Å²) in [4.78, 5) is 26.3. The van der Waals surface area contributed by atoms with E-state index in [2.05, 4.69) is 30.9 Å². The van der Waals surface area contributed by atoms with Crippen molar-refractivity contribution in [1.82, 2.24) is 20.6 Å². The second-order valence-corrected chi connectivity index (χ2v) is 9.45. The molecule has 2 amide bonds. The zero-order chi connectivity index (χ0) is 21.1. The number of nitrogens with one attached hydrogen (secondary N) is 3. The highest BCUT2D eigenvalue weighted by molar-refractivity contribution is 6.03. The molecule has 0 radical (unpaired) electrons. The summed E-state index contributed by atoms with van der Waals surface area (Å²) in [6.45, 7) is 5.00. The van der Waals surface area contributed by atoms with Gasteiger partial charge in [-0.1, -0.05) is 0 Å². The number of nitrogens with zero attached hydrogens (tertiary/aromatic N) is 3. The maximum atomic E-state index is 12.9. The van der Waals surface area contributed by atoms with Gasteiger partial charge >= 0.3 is 6.03 Å². The summed E-state index contributed by atoms with van der Waals surface area (Å²) in [6.07, 6.45) is 8.15. The first-order valence-electron chi connectivity index (χ1n) is 11.1. The average Bonchev–Trinajstić information content (AvgIpc) is 2.62. The number of hydrogen-bond donors (Lipinski definition) is 3. The van der Waals surface area contributed by atoms with Crippen LogP contribution in [-0.2, 0) is 4.74 Å². The molecule has 30 heavy (non-hydrogen) atoms. The highest BCUT2D eigenvalue weighted by atomic mass is 16.5. The monoisotopic (exact) mass is 414 g/mol. The van der Waals surface area contributed by atoms with E-state index < -0.39 is 0 Å². The summed E-state index contributed by atoms with van der Waals surface area (Å²) < 4.78 is 5.10. The van der Waals surface area contributed by atoms with Gasteiger partial charge in [-0.05, 0) is 82.6 Å². The van der Waals surface area contributed by atoms with Gasteiger partial charge in [0.1, 0.15) is 0 Å². The number of aromatic nitrogens is 2. The Morgan fingerprint density at radius 3 is 2.30 bits per heavy atom. The van der Waals surface area contributed by atoms with E-state index >= 15 is 0 Å². The number of guanidine groups is 1. The number of anilines is 1. The van der Waals surface area contributed by atoms with Crippen molar-refractivity contribution in [3.63, 3.8) is 0 Å². The quantitative estimate of drug-likeness (QED) is 0.377. The lowest BCUT2D eigenvalue weighted by atomic mass is 9.53. The molecule has 8 heteroatoms. The topological polar surface area (TPSA) is 101 Å². The Hall–Kier alpha value is -2.22. The molecule has 1 aromatic heterocycles. The van der Waals surface area contributed by atoms with Crippen LogP contribution in [0.1, 0.15) is 56.3 Å². The summed E-state index contributed by atoms with van der Waals surface area (Å²) >= 11 is 0. The van der Waals surface area contributed by atoms with Crippen molar-refractivity contribution in [2.75, 3.05) is 25.6 Å². The number of aliphatic imine (C=N–C) groups is 1. The average molecular weight is 415 g/mol. The third kappa shape index (κ3) is 5.09. The van der Waals surface area contributed by atoms with Gasteiger partial charge in [0.15, 0.2) is 0 Å². The largest absolute Gasteiger partial charge is 0.385 e. The molecule has 0 aromatic carbocycles. The zero-order valence-electron chi connectivity index (χ0n) is 18.3. The van der Waals surface area contributed by atoms with Gasteiger partial charge in [-0.2, -0.15) is 0 Å². The molecule has 164 valence electrons. The minimum absolute atomic E-state index is 0.0452. The van der Waals surface area contributed by atoms with Gasteiger partial charge in [-0.15, -0.1) is 0 Å². The first-order valence-corrected chi connectivity index (χ1v) is 11.1. The third-order valence-electron chi connectivity index (χ3n) is 6.64. The van der Waals surface area contributed by atoms with Gasteiger partial charge in [-0.3, -0.25) is 15.6 Å². The lowest BCUT2D eigenvalue weighted by Crippen LogP contribution is -2.62. The molecular weight excluding hydrogens is 380 g/mol. The Morgan fingerprint density at radius 1 is 1.13 bits per heavy atom. The van der Waals surface area contributed by atoms with Crippen molar-refractivity contribution in [2.24, 2.45) is 22.7 Å². The maximum absolute atomic E-state index is 12.9. The van der Waals surface area contributed by atoms with Crippen molar-refractivity contribution in [3.8, 4) is 0 Å². The van der Waals surface area contributed by atoms with Crippen LogP contribution in [0.2, 0.25) is 0 Å². The number of carbonyl (C=O) groups excluding carboxylic acids is 1. The fourth-order valence-corrected chi connectivity index (χ4v) is 6.04. The minimum atomic E-state index is -0.195. The van der Waals surface area contributed by atoms with Gasteiger partial charge in [0, 0.05) is 37.2 Å². The van der Waals surface area contributed by atoms with Crippen LogP contribution in [0.4, 0.5) is 10.7 Å². The predicted octanol–water partition coefficient (Wildman–Crippen LogP) is 3.17. The van der Waals surface area contributed by atoms with Crippen LogP contribution >= 0.6 is 0 Å². The van der Waals surface area contributed by atoms with Crippen molar-refractivity contribution in [1.29, 1.82) is 0 Å². The molecular formula is C22H34N6O2. The van der Waals surface area contributed by atoms with Gasteiger partial charge in [0.25, 0.3) is 0 Å². The highest BCUT2D eigenvalue weighted by Gasteiger charge is 2.51. The lowest BCUT2D eigenvalue weighted by molar-refractivity contribution is -0.0132. The van der Waals surface area contributed by atoms with E-state index in [4.69, 9.17) is 4.74 Å². The third-order valence-corrected chi connectivity index (χ3v) is 6.64. The molecule has 8 nitrogen and oxygen atoms in total. The smallest absolute Gasteiger partial charge is 0.321 e. The van der Waals surface area contributed by atoms with E-state index in [-0.39, 0.29) is 11.6 Å². The van der Waals surface area contributed by atoms with Crippen LogP contribution < -0.4 is 16.0 Å². The Balaban J connectivity index is 1.42. The number of urea groups is 1. The Labute approximate surface area is 178 Å².